The van der Waals surface area contributed by atoms with Crippen molar-refractivity contribution in [2.24, 2.45) is 0 Å². The number of halogens is 1. The molecule has 0 amide bonds. The first-order valence-corrected chi connectivity index (χ1v) is 7.17. The van der Waals surface area contributed by atoms with Crippen molar-refractivity contribution >= 4 is 0 Å². The zero-order valence-electron chi connectivity index (χ0n) is 12.4. The van der Waals surface area contributed by atoms with Crippen LogP contribution in [0.5, 0.6) is 0 Å². The summed E-state index contributed by atoms with van der Waals surface area (Å²) in [6, 6.07) is 7.08. The average molecular weight is 267 g/mol. The van der Waals surface area contributed by atoms with Crippen molar-refractivity contribution in [1.82, 2.24) is 5.32 Å². The maximum absolute atomic E-state index is 13.3. The molecule has 0 saturated heterocycles. The Morgan fingerprint density at radius 3 is 2.58 bits per heavy atom. The van der Waals surface area contributed by atoms with Crippen LogP contribution in [0.25, 0.3) is 0 Å². The van der Waals surface area contributed by atoms with E-state index in [2.05, 4.69) is 33.0 Å². The molecule has 1 aromatic rings. The van der Waals surface area contributed by atoms with E-state index in [9.17, 15) is 4.39 Å². The van der Waals surface area contributed by atoms with Gasteiger partial charge in [-0.2, -0.15) is 0 Å². The van der Waals surface area contributed by atoms with Crippen LogP contribution >= 0.6 is 0 Å². The molecule has 0 aliphatic heterocycles. The zero-order chi connectivity index (χ0) is 14.3. The predicted molar refractivity (Wildman–Crippen MR) is 77.7 cm³/mol. The van der Waals surface area contributed by atoms with Gasteiger partial charge in [0.15, 0.2) is 0 Å². The van der Waals surface area contributed by atoms with Crippen LogP contribution < -0.4 is 5.32 Å². The molecular formula is C16H26FNO. The quantitative estimate of drug-likeness (QED) is 0.766. The van der Waals surface area contributed by atoms with Crippen LogP contribution in [0.2, 0.25) is 0 Å². The van der Waals surface area contributed by atoms with Crippen molar-refractivity contribution in [1.29, 1.82) is 0 Å². The maximum atomic E-state index is 13.3. The molecule has 19 heavy (non-hydrogen) atoms. The minimum absolute atomic E-state index is 0.0975. The van der Waals surface area contributed by atoms with Gasteiger partial charge in [0.2, 0.25) is 0 Å². The Labute approximate surface area is 116 Å². The fraction of sp³-hybridized carbons (Fsp3) is 0.625. The van der Waals surface area contributed by atoms with E-state index in [4.69, 9.17) is 4.74 Å². The molecule has 3 heteroatoms. The Hall–Kier alpha value is -0.930. The topological polar surface area (TPSA) is 21.3 Å². The van der Waals surface area contributed by atoms with Gasteiger partial charge in [-0.25, -0.2) is 4.39 Å². The molecule has 1 N–H and O–H groups in total. The van der Waals surface area contributed by atoms with Gasteiger partial charge < -0.3 is 10.1 Å². The lowest BCUT2D eigenvalue weighted by Crippen LogP contribution is -2.30. The molecule has 0 bridgehead atoms. The number of ether oxygens (including phenoxy) is 1. The number of hydrogen-bond donors (Lipinski definition) is 1. The van der Waals surface area contributed by atoms with E-state index in [1.807, 2.05) is 6.07 Å². The third kappa shape index (κ3) is 6.17. The summed E-state index contributed by atoms with van der Waals surface area (Å²) in [4.78, 5) is 0. The van der Waals surface area contributed by atoms with Gasteiger partial charge >= 0.3 is 0 Å². The number of rotatable bonds is 8. The fourth-order valence-corrected chi connectivity index (χ4v) is 2.05. The van der Waals surface area contributed by atoms with E-state index in [-0.39, 0.29) is 18.0 Å². The Kier molecular flexibility index (Phi) is 7.03. The molecule has 2 unspecified atom stereocenters. The molecule has 1 aromatic carbocycles. The molecule has 108 valence electrons. The predicted octanol–water partition coefficient (Wildman–Crippen LogP) is 4.07. The van der Waals surface area contributed by atoms with Crippen molar-refractivity contribution in [2.75, 3.05) is 6.54 Å². The summed E-state index contributed by atoms with van der Waals surface area (Å²) in [7, 11) is 0. The highest BCUT2D eigenvalue weighted by molar-refractivity contribution is 5.19. The van der Waals surface area contributed by atoms with Crippen molar-refractivity contribution in [2.45, 2.75) is 58.8 Å². The molecule has 0 fully saturated rings. The highest BCUT2D eigenvalue weighted by atomic mass is 19.1. The van der Waals surface area contributed by atoms with Gasteiger partial charge in [-0.1, -0.05) is 39.3 Å². The first-order chi connectivity index (χ1) is 9.02. The van der Waals surface area contributed by atoms with Crippen molar-refractivity contribution in [3.05, 3.63) is 35.6 Å². The molecular weight excluding hydrogens is 241 g/mol. The smallest absolute Gasteiger partial charge is 0.123 e. The summed E-state index contributed by atoms with van der Waals surface area (Å²) < 4.78 is 19.4. The average Bonchev–Trinajstić information content (AvgIpc) is 2.34. The van der Waals surface area contributed by atoms with E-state index in [1.54, 1.807) is 12.1 Å². The Balaban J connectivity index is 2.73. The van der Waals surface area contributed by atoms with Crippen LogP contribution in [0.1, 0.15) is 52.2 Å². The monoisotopic (exact) mass is 267 g/mol. The minimum atomic E-state index is -0.209. The highest BCUT2D eigenvalue weighted by Crippen LogP contribution is 2.21. The molecule has 0 heterocycles. The van der Waals surface area contributed by atoms with Gasteiger partial charge in [-0.05, 0) is 31.0 Å². The van der Waals surface area contributed by atoms with Gasteiger partial charge in [-0.3, -0.25) is 0 Å². The van der Waals surface area contributed by atoms with Gasteiger partial charge in [0.05, 0.1) is 12.2 Å². The summed E-state index contributed by atoms with van der Waals surface area (Å²) in [5, 5.41) is 3.36. The molecule has 2 atom stereocenters. The second kappa shape index (κ2) is 8.28. The second-order valence-electron chi connectivity index (χ2n) is 5.34. The Morgan fingerprint density at radius 1 is 1.26 bits per heavy atom. The highest BCUT2D eigenvalue weighted by Gasteiger charge is 2.16. The lowest BCUT2D eigenvalue weighted by Gasteiger charge is -2.24. The van der Waals surface area contributed by atoms with Crippen molar-refractivity contribution < 1.29 is 9.13 Å². The number of benzene rings is 1. The first kappa shape index (κ1) is 16.1. The van der Waals surface area contributed by atoms with E-state index >= 15 is 0 Å². The van der Waals surface area contributed by atoms with Crippen LogP contribution in [-0.2, 0) is 4.74 Å². The zero-order valence-corrected chi connectivity index (χ0v) is 12.4. The van der Waals surface area contributed by atoms with Crippen LogP contribution in [0.15, 0.2) is 24.3 Å². The number of nitrogens with one attached hydrogen (secondary N) is 1. The lowest BCUT2D eigenvalue weighted by molar-refractivity contribution is -0.00820. The summed E-state index contributed by atoms with van der Waals surface area (Å²) in [5.41, 5.74) is 0.899. The van der Waals surface area contributed by atoms with Crippen LogP contribution in [0, 0.1) is 5.82 Å². The van der Waals surface area contributed by atoms with E-state index in [0.29, 0.717) is 12.6 Å². The van der Waals surface area contributed by atoms with Gasteiger partial charge in [-0.15, -0.1) is 0 Å². The largest absolute Gasteiger partial charge is 0.369 e. The minimum Gasteiger partial charge on any atom is -0.369 e. The Bertz CT molecular complexity index is 368. The summed E-state index contributed by atoms with van der Waals surface area (Å²) in [5.74, 6) is -0.209. The third-order valence-electron chi connectivity index (χ3n) is 3.02. The standard InChI is InChI=1S/C16H26FNO/c1-5-7-13(4)19-16(11-18-12(2)3)14-8-6-9-15(17)10-14/h6,8-10,12-13,16,18H,5,7,11H2,1-4H3. The van der Waals surface area contributed by atoms with Crippen molar-refractivity contribution in [3.63, 3.8) is 0 Å². The van der Waals surface area contributed by atoms with Crippen molar-refractivity contribution in [3.8, 4) is 0 Å². The molecule has 0 aliphatic carbocycles. The molecule has 0 aliphatic rings. The van der Waals surface area contributed by atoms with Gasteiger partial charge in [0.25, 0.3) is 0 Å². The van der Waals surface area contributed by atoms with E-state index in [0.717, 1.165) is 18.4 Å². The molecule has 0 radical (unpaired) electrons. The van der Waals surface area contributed by atoms with Crippen LogP contribution in [0.3, 0.4) is 0 Å². The molecule has 0 saturated carbocycles. The van der Waals surface area contributed by atoms with E-state index in [1.165, 1.54) is 6.07 Å². The Morgan fingerprint density at radius 2 is 2.00 bits per heavy atom. The fourth-order valence-electron chi connectivity index (χ4n) is 2.05. The second-order valence-corrected chi connectivity index (χ2v) is 5.34. The molecule has 2 nitrogen and oxygen atoms in total. The maximum Gasteiger partial charge on any atom is 0.123 e. The van der Waals surface area contributed by atoms with Crippen LogP contribution in [0.4, 0.5) is 4.39 Å². The first-order valence-electron chi connectivity index (χ1n) is 7.17. The van der Waals surface area contributed by atoms with Crippen LogP contribution in [-0.4, -0.2) is 18.7 Å². The normalized spacial score (nSPS) is 14.6. The number of hydrogen-bond acceptors (Lipinski definition) is 2. The van der Waals surface area contributed by atoms with Gasteiger partial charge in [0, 0.05) is 12.6 Å². The summed E-state index contributed by atoms with van der Waals surface area (Å²) in [6.07, 6.45) is 2.20. The SMILES string of the molecule is CCCC(C)OC(CNC(C)C)c1cccc(F)c1. The molecule has 1 rings (SSSR count). The molecule has 0 aromatic heterocycles. The van der Waals surface area contributed by atoms with E-state index < -0.39 is 0 Å². The summed E-state index contributed by atoms with van der Waals surface area (Å²) >= 11 is 0. The molecule has 0 spiro atoms. The summed E-state index contributed by atoms with van der Waals surface area (Å²) in [6.45, 7) is 9.11. The third-order valence-corrected chi connectivity index (χ3v) is 3.02. The van der Waals surface area contributed by atoms with Gasteiger partial charge in [0.1, 0.15) is 5.82 Å². The lowest BCUT2D eigenvalue weighted by atomic mass is 10.1.